The van der Waals surface area contributed by atoms with Gasteiger partial charge in [0.25, 0.3) is 5.91 Å². The van der Waals surface area contributed by atoms with Crippen molar-refractivity contribution in [3.63, 3.8) is 0 Å². The van der Waals surface area contributed by atoms with E-state index in [2.05, 4.69) is 10.4 Å². The van der Waals surface area contributed by atoms with Gasteiger partial charge in [0, 0.05) is 32.2 Å². The number of hydrogen-bond donors (Lipinski definition) is 1. The van der Waals surface area contributed by atoms with Crippen LogP contribution in [0.1, 0.15) is 64.4 Å². The van der Waals surface area contributed by atoms with Crippen LogP contribution < -0.4 is 5.32 Å². The second kappa shape index (κ2) is 11.7. The summed E-state index contributed by atoms with van der Waals surface area (Å²) >= 11 is 0. The van der Waals surface area contributed by atoms with E-state index in [9.17, 15) is 27.2 Å². The largest absolute Gasteiger partial charge is 0.462 e. The summed E-state index contributed by atoms with van der Waals surface area (Å²) in [5.41, 5.74) is 0.287. The summed E-state index contributed by atoms with van der Waals surface area (Å²) in [6.45, 7) is 5.67. The lowest BCUT2D eigenvalue weighted by molar-refractivity contribution is -0.140. The molecule has 0 radical (unpaired) electrons. The third-order valence-corrected chi connectivity index (χ3v) is 5.64. The second-order valence-electron chi connectivity index (χ2n) is 8.53. The number of carbonyl (C=O) groups excluding carboxylic acids is 2. The SMILES string of the molecule is CCc1nn(C[C@@H](C)COC(=O)c2ccc(C(F)(F)F)c(F)c2)c2c1C(=O)NCCCOCCC2. The molecule has 1 aromatic carbocycles. The Bertz CT molecular complexity index is 1050. The van der Waals surface area contributed by atoms with Crippen LogP contribution in [0.3, 0.4) is 0 Å². The Morgan fingerprint density at radius 1 is 1.29 bits per heavy atom. The average molecular weight is 500 g/mol. The van der Waals surface area contributed by atoms with Gasteiger partial charge in [-0.25, -0.2) is 9.18 Å². The summed E-state index contributed by atoms with van der Waals surface area (Å²) in [5, 5.41) is 7.53. The maximum Gasteiger partial charge on any atom is 0.419 e. The molecule has 1 N–H and O–H groups in total. The summed E-state index contributed by atoms with van der Waals surface area (Å²) in [6.07, 6.45) is -2.24. The Hall–Kier alpha value is -2.95. The highest BCUT2D eigenvalue weighted by molar-refractivity contribution is 5.96. The number of carbonyl (C=O) groups is 2. The maximum atomic E-state index is 13.8. The topological polar surface area (TPSA) is 82.5 Å². The molecule has 0 aliphatic carbocycles. The van der Waals surface area contributed by atoms with Crippen molar-refractivity contribution in [3.05, 3.63) is 52.1 Å². The molecular weight excluding hydrogens is 470 g/mol. The predicted molar refractivity (Wildman–Crippen MR) is 119 cm³/mol. The van der Waals surface area contributed by atoms with Gasteiger partial charge >= 0.3 is 12.1 Å². The predicted octanol–water partition coefficient (Wildman–Crippen LogP) is 4.18. The summed E-state index contributed by atoms with van der Waals surface area (Å²) in [7, 11) is 0. The molecule has 7 nitrogen and oxygen atoms in total. The number of amides is 1. The molecular formula is C24H29F4N3O4. The van der Waals surface area contributed by atoms with Crippen LogP contribution in [0.15, 0.2) is 18.2 Å². The van der Waals surface area contributed by atoms with Crippen molar-refractivity contribution in [1.29, 1.82) is 0 Å². The van der Waals surface area contributed by atoms with E-state index < -0.39 is 23.5 Å². The molecule has 3 rings (SSSR count). The minimum atomic E-state index is -4.85. The lowest BCUT2D eigenvalue weighted by Crippen LogP contribution is -2.27. The van der Waals surface area contributed by atoms with E-state index >= 15 is 0 Å². The molecule has 0 spiro atoms. The first kappa shape index (κ1) is 26.7. The third-order valence-electron chi connectivity index (χ3n) is 5.64. The molecule has 0 unspecified atom stereocenters. The summed E-state index contributed by atoms with van der Waals surface area (Å²) in [4.78, 5) is 25.1. The number of benzene rings is 1. The summed E-state index contributed by atoms with van der Waals surface area (Å²) in [6, 6.07) is 1.93. The third kappa shape index (κ3) is 6.81. The molecule has 0 saturated carbocycles. The molecule has 35 heavy (non-hydrogen) atoms. The smallest absolute Gasteiger partial charge is 0.419 e. The van der Waals surface area contributed by atoms with E-state index in [0.717, 1.165) is 24.6 Å². The number of nitrogens with zero attached hydrogens (tertiary/aromatic N) is 2. The highest BCUT2D eigenvalue weighted by atomic mass is 19.4. The van der Waals surface area contributed by atoms with Gasteiger partial charge in [0.15, 0.2) is 0 Å². The van der Waals surface area contributed by atoms with Gasteiger partial charge in [-0.05, 0) is 43.9 Å². The van der Waals surface area contributed by atoms with Crippen molar-refractivity contribution >= 4 is 11.9 Å². The van der Waals surface area contributed by atoms with Crippen molar-refractivity contribution in [1.82, 2.24) is 15.1 Å². The van der Waals surface area contributed by atoms with Gasteiger partial charge < -0.3 is 14.8 Å². The number of esters is 1. The van der Waals surface area contributed by atoms with E-state index in [1.165, 1.54) is 0 Å². The number of rotatable bonds is 6. The van der Waals surface area contributed by atoms with Crippen LogP contribution in [-0.2, 0) is 35.0 Å². The van der Waals surface area contributed by atoms with Crippen LogP contribution in [0.5, 0.6) is 0 Å². The van der Waals surface area contributed by atoms with Crippen molar-refractivity contribution < 1.29 is 36.6 Å². The Balaban J connectivity index is 1.69. The van der Waals surface area contributed by atoms with Crippen LogP contribution in [0.2, 0.25) is 0 Å². The first-order valence-electron chi connectivity index (χ1n) is 11.6. The van der Waals surface area contributed by atoms with Crippen LogP contribution in [0, 0.1) is 11.7 Å². The van der Waals surface area contributed by atoms with Gasteiger partial charge in [0.05, 0.1) is 34.7 Å². The fraction of sp³-hybridized carbons (Fsp3) is 0.542. The first-order chi connectivity index (χ1) is 16.6. The molecule has 1 atom stereocenters. The zero-order valence-electron chi connectivity index (χ0n) is 19.7. The molecule has 2 aromatic rings. The van der Waals surface area contributed by atoms with Gasteiger partial charge in [-0.3, -0.25) is 9.48 Å². The molecule has 1 aromatic heterocycles. The number of fused-ring (bicyclic) bond motifs is 1. The monoisotopic (exact) mass is 499 g/mol. The molecule has 2 heterocycles. The summed E-state index contributed by atoms with van der Waals surface area (Å²) < 4.78 is 64.5. The van der Waals surface area contributed by atoms with Crippen LogP contribution in [0.4, 0.5) is 17.6 Å². The molecule has 0 bridgehead atoms. The summed E-state index contributed by atoms with van der Waals surface area (Å²) in [5.74, 6) is -2.86. The quantitative estimate of drug-likeness (QED) is 0.477. The number of aromatic nitrogens is 2. The van der Waals surface area contributed by atoms with Crippen LogP contribution in [-0.4, -0.2) is 48.0 Å². The molecule has 192 valence electrons. The van der Waals surface area contributed by atoms with Gasteiger partial charge in [-0.15, -0.1) is 0 Å². The van der Waals surface area contributed by atoms with Crippen molar-refractivity contribution in [2.75, 3.05) is 26.4 Å². The van der Waals surface area contributed by atoms with E-state index in [-0.39, 0.29) is 24.0 Å². The molecule has 11 heteroatoms. The van der Waals surface area contributed by atoms with Crippen LogP contribution in [0.25, 0.3) is 0 Å². The number of alkyl halides is 3. The molecule has 1 aliphatic rings. The van der Waals surface area contributed by atoms with Crippen molar-refractivity contribution in [3.8, 4) is 0 Å². The molecule has 1 amide bonds. The van der Waals surface area contributed by atoms with E-state index in [4.69, 9.17) is 9.47 Å². The Labute approximate surface area is 200 Å². The minimum Gasteiger partial charge on any atom is -0.462 e. The fourth-order valence-corrected chi connectivity index (χ4v) is 3.90. The highest BCUT2D eigenvalue weighted by Gasteiger charge is 2.34. The number of aryl methyl sites for hydroxylation is 1. The number of ether oxygens (including phenoxy) is 2. The molecule has 0 saturated heterocycles. The number of halogens is 4. The standard InChI is InChI=1S/C24H29F4N3O4/c1-3-19-21-20(6-4-10-34-11-5-9-29-22(21)32)31(30-19)13-15(2)14-35-23(33)16-7-8-17(18(25)12-16)24(26,27)28/h7-8,12,15H,3-6,9-11,13-14H2,1-2H3,(H,29,32)/t15-/m1/s1. The average Bonchev–Trinajstić information content (AvgIpc) is 3.13. The lowest BCUT2D eigenvalue weighted by atomic mass is 10.1. The maximum absolute atomic E-state index is 13.8. The van der Waals surface area contributed by atoms with Gasteiger partial charge in [-0.2, -0.15) is 18.3 Å². The Morgan fingerprint density at radius 3 is 2.71 bits per heavy atom. The van der Waals surface area contributed by atoms with Crippen LogP contribution >= 0.6 is 0 Å². The van der Waals surface area contributed by atoms with Gasteiger partial charge in [-0.1, -0.05) is 13.8 Å². The Kier molecular flexibility index (Phi) is 8.87. The zero-order chi connectivity index (χ0) is 25.6. The highest BCUT2D eigenvalue weighted by Crippen LogP contribution is 2.31. The Morgan fingerprint density at radius 2 is 2.03 bits per heavy atom. The van der Waals surface area contributed by atoms with E-state index in [1.54, 1.807) is 4.68 Å². The number of nitrogens with one attached hydrogen (secondary N) is 1. The number of hydrogen-bond acceptors (Lipinski definition) is 5. The zero-order valence-corrected chi connectivity index (χ0v) is 19.7. The van der Waals surface area contributed by atoms with E-state index in [1.807, 2.05) is 13.8 Å². The molecule has 1 aliphatic heterocycles. The van der Waals surface area contributed by atoms with Crippen molar-refractivity contribution in [2.45, 2.75) is 52.3 Å². The minimum absolute atomic E-state index is 0.0626. The molecule has 0 fully saturated rings. The second-order valence-corrected chi connectivity index (χ2v) is 8.53. The normalized spacial score (nSPS) is 16.1. The first-order valence-corrected chi connectivity index (χ1v) is 11.6. The fourth-order valence-electron chi connectivity index (χ4n) is 3.90. The van der Waals surface area contributed by atoms with Gasteiger partial charge in [0.1, 0.15) is 5.82 Å². The van der Waals surface area contributed by atoms with E-state index in [0.29, 0.717) is 62.5 Å². The lowest BCUT2D eigenvalue weighted by Gasteiger charge is -2.15. The van der Waals surface area contributed by atoms with Crippen molar-refractivity contribution in [2.24, 2.45) is 5.92 Å². The van der Waals surface area contributed by atoms with Gasteiger partial charge in [0.2, 0.25) is 0 Å².